The third-order valence-corrected chi connectivity index (χ3v) is 5.39. The normalized spacial score (nSPS) is 16.3. The number of carbonyl (C=O) groups is 1. The molecule has 1 atom stereocenters. The van der Waals surface area contributed by atoms with Gasteiger partial charge in [-0.1, -0.05) is 32.9 Å². The van der Waals surface area contributed by atoms with Crippen LogP contribution in [0.3, 0.4) is 0 Å². The number of nitriles is 1. The molecule has 0 spiro atoms. The minimum atomic E-state index is -0.926. The van der Waals surface area contributed by atoms with Crippen LogP contribution < -0.4 is 0 Å². The van der Waals surface area contributed by atoms with Crippen molar-refractivity contribution in [3.8, 4) is 6.07 Å². The largest absolute Gasteiger partial charge is 0.383 e. The Hall–Kier alpha value is -2.69. The molecule has 2 heterocycles. The summed E-state index contributed by atoms with van der Waals surface area (Å²) in [5.74, 6) is -0.157. The molecule has 7 nitrogen and oxygen atoms in total. The first-order valence-corrected chi connectivity index (χ1v) is 10.4. The Labute approximate surface area is 178 Å². The van der Waals surface area contributed by atoms with Gasteiger partial charge in [0.15, 0.2) is 0 Å². The fourth-order valence-corrected chi connectivity index (χ4v) is 3.74. The van der Waals surface area contributed by atoms with Gasteiger partial charge < -0.3 is 14.6 Å². The van der Waals surface area contributed by atoms with Gasteiger partial charge in [-0.3, -0.25) is 9.69 Å². The highest BCUT2D eigenvalue weighted by atomic mass is 16.3. The number of aromatic nitrogens is 2. The highest BCUT2D eigenvalue weighted by Gasteiger charge is 2.29. The smallest absolute Gasteiger partial charge is 0.251 e. The van der Waals surface area contributed by atoms with Crippen molar-refractivity contribution < 1.29 is 9.90 Å². The number of imidazole rings is 1. The molecule has 1 N–H and O–H groups in total. The number of piperazine rings is 1. The molecule has 0 radical (unpaired) electrons. The van der Waals surface area contributed by atoms with Gasteiger partial charge in [-0.25, -0.2) is 4.98 Å². The maximum Gasteiger partial charge on any atom is 0.251 e. The van der Waals surface area contributed by atoms with Crippen LogP contribution >= 0.6 is 0 Å². The van der Waals surface area contributed by atoms with Gasteiger partial charge in [-0.2, -0.15) is 5.26 Å². The quantitative estimate of drug-likeness (QED) is 0.791. The van der Waals surface area contributed by atoms with Gasteiger partial charge in [0.1, 0.15) is 6.10 Å². The summed E-state index contributed by atoms with van der Waals surface area (Å²) < 4.78 is 2.12. The van der Waals surface area contributed by atoms with Gasteiger partial charge in [0.25, 0.3) is 5.91 Å². The lowest BCUT2D eigenvalue weighted by Gasteiger charge is -2.36. The summed E-state index contributed by atoms with van der Waals surface area (Å²) in [5, 5.41) is 19.2. The number of aliphatic hydroxyl groups is 1. The molecule has 1 aliphatic heterocycles. The van der Waals surface area contributed by atoms with Crippen molar-refractivity contribution in [2.24, 2.45) is 5.41 Å². The van der Waals surface area contributed by atoms with Crippen LogP contribution in [0.4, 0.5) is 0 Å². The average Bonchev–Trinajstić information content (AvgIpc) is 3.14. The van der Waals surface area contributed by atoms with Gasteiger partial charge >= 0.3 is 0 Å². The van der Waals surface area contributed by atoms with E-state index in [0.29, 0.717) is 31.6 Å². The first kappa shape index (κ1) is 22.0. The number of carbonyl (C=O) groups excluding carboxylic acids is 1. The number of rotatable bonds is 6. The van der Waals surface area contributed by atoms with E-state index >= 15 is 0 Å². The minimum absolute atomic E-state index is 0.0791. The average molecular weight is 410 g/mol. The number of benzene rings is 1. The summed E-state index contributed by atoms with van der Waals surface area (Å²) in [6.45, 7) is 10.4. The molecule has 0 aliphatic carbocycles. The number of amides is 1. The number of hydrogen-bond donors (Lipinski definition) is 1. The number of nitrogens with zero attached hydrogens (tertiary/aromatic N) is 5. The van der Waals surface area contributed by atoms with Crippen LogP contribution in [0.2, 0.25) is 0 Å². The fraction of sp³-hybridized carbons (Fsp3) is 0.522. The molecule has 7 heteroatoms. The summed E-state index contributed by atoms with van der Waals surface area (Å²) in [6, 6.07) is 9.73. The first-order chi connectivity index (χ1) is 14.2. The van der Waals surface area contributed by atoms with Crippen LogP contribution in [-0.2, 0) is 17.9 Å². The molecule has 1 amide bonds. The Bertz CT molecular complexity index is 884. The van der Waals surface area contributed by atoms with Crippen LogP contribution in [0.1, 0.15) is 44.0 Å². The van der Waals surface area contributed by atoms with Gasteiger partial charge in [0.05, 0.1) is 23.7 Å². The standard InChI is InChI=1S/C23H31N5O2/c1-23(2,3)12-21(29)22(30)27-10-8-26(9-11-27)16-20-14-25-17-28(20)15-19-6-4-18(13-24)5-7-19/h4-7,14,17,21,29H,8-12,15-16H2,1-3H3. The molecule has 0 bridgehead atoms. The van der Waals surface area contributed by atoms with E-state index in [4.69, 9.17) is 5.26 Å². The van der Waals surface area contributed by atoms with E-state index in [1.165, 1.54) is 0 Å². The molecular formula is C23H31N5O2. The van der Waals surface area contributed by atoms with Crippen molar-refractivity contribution >= 4 is 5.91 Å². The van der Waals surface area contributed by atoms with E-state index < -0.39 is 6.10 Å². The molecule has 1 aromatic carbocycles. The van der Waals surface area contributed by atoms with Crippen LogP contribution in [0.25, 0.3) is 0 Å². The Balaban J connectivity index is 1.52. The van der Waals surface area contributed by atoms with Crippen molar-refractivity contribution in [1.82, 2.24) is 19.4 Å². The van der Waals surface area contributed by atoms with Crippen molar-refractivity contribution in [3.05, 3.63) is 53.6 Å². The Morgan fingerprint density at radius 2 is 1.83 bits per heavy atom. The van der Waals surface area contributed by atoms with Crippen molar-refractivity contribution in [2.45, 2.75) is 46.4 Å². The molecule has 1 aliphatic rings. The molecule has 1 saturated heterocycles. The predicted molar refractivity (Wildman–Crippen MR) is 114 cm³/mol. The van der Waals surface area contributed by atoms with Crippen LogP contribution in [-0.4, -0.2) is 62.6 Å². The summed E-state index contributed by atoms with van der Waals surface area (Å²) in [6.07, 6.45) is 3.26. The molecule has 1 aromatic heterocycles. The molecular weight excluding hydrogens is 378 g/mol. The zero-order valence-corrected chi connectivity index (χ0v) is 18.1. The maximum absolute atomic E-state index is 12.5. The van der Waals surface area contributed by atoms with Gasteiger partial charge in [-0.05, 0) is 29.5 Å². The molecule has 1 unspecified atom stereocenters. The van der Waals surface area contributed by atoms with Gasteiger partial charge in [-0.15, -0.1) is 0 Å². The van der Waals surface area contributed by atoms with Crippen molar-refractivity contribution in [1.29, 1.82) is 5.26 Å². The van der Waals surface area contributed by atoms with E-state index in [1.54, 1.807) is 4.90 Å². The lowest BCUT2D eigenvalue weighted by molar-refractivity contribution is -0.143. The molecule has 160 valence electrons. The van der Waals surface area contributed by atoms with Gasteiger partial charge in [0, 0.05) is 45.5 Å². The minimum Gasteiger partial charge on any atom is -0.383 e. The predicted octanol–water partition coefficient (Wildman–Crippen LogP) is 2.24. The highest BCUT2D eigenvalue weighted by Crippen LogP contribution is 2.22. The van der Waals surface area contributed by atoms with Crippen LogP contribution in [0.15, 0.2) is 36.8 Å². The van der Waals surface area contributed by atoms with E-state index in [9.17, 15) is 9.90 Å². The molecule has 30 heavy (non-hydrogen) atoms. The Morgan fingerprint density at radius 1 is 1.17 bits per heavy atom. The van der Waals surface area contributed by atoms with Crippen molar-refractivity contribution in [2.75, 3.05) is 26.2 Å². The zero-order valence-electron chi connectivity index (χ0n) is 18.1. The second-order valence-corrected chi connectivity index (χ2v) is 9.20. The van der Waals surface area contributed by atoms with Gasteiger partial charge in [0.2, 0.25) is 0 Å². The van der Waals surface area contributed by atoms with E-state index in [0.717, 1.165) is 30.9 Å². The lowest BCUT2D eigenvalue weighted by Crippen LogP contribution is -2.51. The van der Waals surface area contributed by atoms with Crippen molar-refractivity contribution in [3.63, 3.8) is 0 Å². The number of aliphatic hydroxyl groups excluding tert-OH is 1. The molecule has 0 saturated carbocycles. The van der Waals surface area contributed by atoms with E-state index in [2.05, 4.69) is 20.5 Å². The van der Waals surface area contributed by atoms with Crippen LogP contribution in [0, 0.1) is 16.7 Å². The summed E-state index contributed by atoms with van der Waals surface area (Å²) in [4.78, 5) is 20.9. The SMILES string of the molecule is CC(C)(C)CC(O)C(=O)N1CCN(Cc2cncn2Cc2ccc(C#N)cc2)CC1. The van der Waals surface area contributed by atoms with E-state index in [1.807, 2.05) is 57.6 Å². The third kappa shape index (κ3) is 5.91. The second-order valence-electron chi connectivity index (χ2n) is 9.20. The molecule has 1 fully saturated rings. The Morgan fingerprint density at radius 3 is 2.43 bits per heavy atom. The molecule has 3 rings (SSSR count). The second kappa shape index (κ2) is 9.41. The summed E-state index contributed by atoms with van der Waals surface area (Å²) in [5.41, 5.74) is 2.82. The topological polar surface area (TPSA) is 85.4 Å². The summed E-state index contributed by atoms with van der Waals surface area (Å²) in [7, 11) is 0. The third-order valence-electron chi connectivity index (χ3n) is 5.39. The highest BCUT2D eigenvalue weighted by molar-refractivity contribution is 5.80. The Kier molecular flexibility index (Phi) is 6.91. The maximum atomic E-state index is 12.5. The van der Waals surface area contributed by atoms with E-state index in [-0.39, 0.29) is 11.3 Å². The zero-order chi connectivity index (χ0) is 21.7. The monoisotopic (exact) mass is 409 g/mol. The van der Waals surface area contributed by atoms with Crippen LogP contribution in [0.5, 0.6) is 0 Å². The molecule has 2 aromatic rings. The number of hydrogen-bond acceptors (Lipinski definition) is 5. The first-order valence-electron chi connectivity index (χ1n) is 10.4. The summed E-state index contributed by atoms with van der Waals surface area (Å²) >= 11 is 0. The lowest BCUT2D eigenvalue weighted by atomic mass is 9.89. The fourth-order valence-electron chi connectivity index (χ4n) is 3.74.